The van der Waals surface area contributed by atoms with Crippen LogP contribution in [-0.4, -0.2) is 26.3 Å². The van der Waals surface area contributed by atoms with Gasteiger partial charge in [-0.25, -0.2) is 8.42 Å². The molecule has 2 unspecified atom stereocenters. The fourth-order valence-electron chi connectivity index (χ4n) is 2.23. The van der Waals surface area contributed by atoms with Crippen LogP contribution in [0.4, 0.5) is 14.5 Å². The molecule has 0 bridgehead atoms. The molecule has 0 spiro atoms. The first-order valence-electron chi connectivity index (χ1n) is 6.04. The van der Waals surface area contributed by atoms with Gasteiger partial charge in [0.05, 0.1) is 4.90 Å². The summed E-state index contributed by atoms with van der Waals surface area (Å²) in [5, 5.41) is 3.22. The van der Waals surface area contributed by atoms with Gasteiger partial charge in [0.15, 0.2) is 0 Å². The number of benzene rings is 1. The molecule has 1 fully saturated rings. The van der Waals surface area contributed by atoms with Gasteiger partial charge in [-0.2, -0.15) is 8.78 Å². The highest BCUT2D eigenvalue weighted by molar-refractivity contribution is 7.91. The van der Waals surface area contributed by atoms with Gasteiger partial charge in [0.1, 0.15) is 0 Å². The molecule has 1 aliphatic rings. The van der Waals surface area contributed by atoms with Gasteiger partial charge in [-0.15, -0.1) is 0 Å². The standard InChI is InChI=1S/C12H16F2N2O2S/c13-12(14)19(17,18)11-5-3-9(4-6-11)16-10-2-1-8(15)7-10/h3-6,8,10,12,16H,1-2,7,15H2. The first-order valence-corrected chi connectivity index (χ1v) is 7.58. The van der Waals surface area contributed by atoms with Crippen LogP contribution in [0.2, 0.25) is 0 Å². The van der Waals surface area contributed by atoms with E-state index in [4.69, 9.17) is 5.73 Å². The molecule has 0 saturated heterocycles. The van der Waals surface area contributed by atoms with Crippen LogP contribution in [0, 0.1) is 0 Å². The Labute approximate surface area is 110 Å². The molecule has 106 valence electrons. The summed E-state index contributed by atoms with van der Waals surface area (Å²) in [6, 6.07) is 5.83. The van der Waals surface area contributed by atoms with Crippen LogP contribution < -0.4 is 11.1 Å². The third-order valence-electron chi connectivity index (χ3n) is 3.26. The largest absolute Gasteiger partial charge is 0.382 e. The van der Waals surface area contributed by atoms with E-state index in [1.807, 2.05) is 0 Å². The molecular weight excluding hydrogens is 274 g/mol. The molecule has 4 nitrogen and oxygen atoms in total. The number of halogens is 2. The maximum Gasteiger partial charge on any atom is 0.341 e. The van der Waals surface area contributed by atoms with Gasteiger partial charge in [-0.05, 0) is 43.5 Å². The van der Waals surface area contributed by atoms with E-state index < -0.39 is 15.6 Å². The minimum absolute atomic E-state index is 0.191. The highest BCUT2D eigenvalue weighted by atomic mass is 32.2. The summed E-state index contributed by atoms with van der Waals surface area (Å²) in [4.78, 5) is -0.365. The Bertz CT molecular complexity index is 531. The first-order chi connectivity index (χ1) is 8.89. The van der Waals surface area contributed by atoms with Crippen LogP contribution in [-0.2, 0) is 9.84 Å². The molecule has 19 heavy (non-hydrogen) atoms. The highest BCUT2D eigenvalue weighted by Crippen LogP contribution is 2.24. The van der Waals surface area contributed by atoms with Gasteiger partial charge in [0, 0.05) is 17.8 Å². The molecule has 7 heteroatoms. The van der Waals surface area contributed by atoms with E-state index in [0.717, 1.165) is 19.3 Å². The van der Waals surface area contributed by atoms with Crippen LogP contribution in [0.5, 0.6) is 0 Å². The highest BCUT2D eigenvalue weighted by Gasteiger charge is 2.26. The minimum Gasteiger partial charge on any atom is -0.382 e. The van der Waals surface area contributed by atoms with Crippen molar-refractivity contribution in [3.8, 4) is 0 Å². The lowest BCUT2D eigenvalue weighted by Crippen LogP contribution is -2.20. The number of nitrogens with one attached hydrogen (secondary N) is 1. The van der Waals surface area contributed by atoms with Crippen LogP contribution in [0.25, 0.3) is 0 Å². The van der Waals surface area contributed by atoms with Gasteiger partial charge in [0.2, 0.25) is 9.84 Å². The average Bonchev–Trinajstić information content (AvgIpc) is 2.75. The molecule has 0 heterocycles. The Morgan fingerprint density at radius 3 is 2.32 bits per heavy atom. The Morgan fingerprint density at radius 2 is 1.84 bits per heavy atom. The summed E-state index contributed by atoms with van der Waals surface area (Å²) >= 11 is 0. The second-order valence-electron chi connectivity index (χ2n) is 4.74. The molecule has 0 aromatic heterocycles. The number of nitrogens with two attached hydrogens (primary N) is 1. The number of sulfone groups is 1. The maximum absolute atomic E-state index is 12.4. The minimum atomic E-state index is -4.51. The molecule has 1 saturated carbocycles. The van der Waals surface area contributed by atoms with Crippen molar-refractivity contribution in [1.29, 1.82) is 0 Å². The zero-order chi connectivity index (χ0) is 14.0. The SMILES string of the molecule is NC1CCC(Nc2ccc(S(=O)(=O)C(F)F)cc2)C1. The topological polar surface area (TPSA) is 72.2 Å². The number of rotatable bonds is 4. The maximum atomic E-state index is 12.4. The van der Waals surface area contributed by atoms with Crippen molar-refractivity contribution in [2.45, 2.75) is 42.0 Å². The van der Waals surface area contributed by atoms with Gasteiger partial charge in [0.25, 0.3) is 0 Å². The van der Waals surface area contributed by atoms with Gasteiger partial charge >= 0.3 is 5.76 Å². The number of hydrogen-bond donors (Lipinski definition) is 2. The lowest BCUT2D eigenvalue weighted by Gasteiger charge is -2.14. The normalized spacial score (nSPS) is 23.8. The monoisotopic (exact) mass is 290 g/mol. The van der Waals surface area contributed by atoms with E-state index in [2.05, 4.69) is 5.32 Å². The Balaban J connectivity index is 2.07. The van der Waals surface area contributed by atoms with E-state index in [0.29, 0.717) is 5.69 Å². The smallest absolute Gasteiger partial charge is 0.341 e. The van der Waals surface area contributed by atoms with E-state index in [1.165, 1.54) is 24.3 Å². The first kappa shape index (κ1) is 14.2. The van der Waals surface area contributed by atoms with Gasteiger partial charge in [-0.3, -0.25) is 0 Å². The Kier molecular flexibility index (Phi) is 4.05. The van der Waals surface area contributed by atoms with Gasteiger partial charge < -0.3 is 11.1 Å². The molecule has 1 aliphatic carbocycles. The van der Waals surface area contributed by atoms with Crippen LogP contribution in [0.15, 0.2) is 29.2 Å². The van der Waals surface area contributed by atoms with Crippen LogP contribution in [0.3, 0.4) is 0 Å². The summed E-state index contributed by atoms with van der Waals surface area (Å²) in [7, 11) is -4.51. The third kappa shape index (κ3) is 3.22. The molecule has 3 N–H and O–H groups in total. The predicted molar refractivity (Wildman–Crippen MR) is 68.9 cm³/mol. The molecule has 2 rings (SSSR count). The van der Waals surface area contributed by atoms with E-state index >= 15 is 0 Å². The second-order valence-corrected chi connectivity index (χ2v) is 6.66. The summed E-state index contributed by atoms with van der Waals surface area (Å²) in [6.45, 7) is 0. The Morgan fingerprint density at radius 1 is 1.21 bits per heavy atom. The molecule has 1 aromatic rings. The van der Waals surface area contributed by atoms with Crippen molar-refractivity contribution >= 4 is 15.5 Å². The van der Waals surface area contributed by atoms with Crippen molar-refractivity contribution in [2.24, 2.45) is 5.73 Å². The summed E-state index contributed by atoms with van der Waals surface area (Å²) in [5.41, 5.74) is 6.51. The van der Waals surface area contributed by atoms with E-state index in [9.17, 15) is 17.2 Å². The van der Waals surface area contributed by atoms with Crippen molar-refractivity contribution < 1.29 is 17.2 Å². The fraction of sp³-hybridized carbons (Fsp3) is 0.500. The molecular formula is C12H16F2N2O2S. The molecule has 0 radical (unpaired) electrons. The zero-order valence-electron chi connectivity index (χ0n) is 10.2. The summed E-state index contributed by atoms with van der Waals surface area (Å²) in [5.74, 6) is -3.39. The summed E-state index contributed by atoms with van der Waals surface area (Å²) in [6.07, 6.45) is 2.77. The molecule has 0 amide bonds. The third-order valence-corrected chi connectivity index (χ3v) is 4.66. The van der Waals surface area contributed by atoms with Crippen molar-refractivity contribution in [3.63, 3.8) is 0 Å². The van der Waals surface area contributed by atoms with Crippen molar-refractivity contribution in [3.05, 3.63) is 24.3 Å². The van der Waals surface area contributed by atoms with Crippen LogP contribution >= 0.6 is 0 Å². The quantitative estimate of drug-likeness (QED) is 0.889. The number of hydrogen-bond acceptors (Lipinski definition) is 4. The van der Waals surface area contributed by atoms with Crippen molar-refractivity contribution in [1.82, 2.24) is 0 Å². The second kappa shape index (κ2) is 5.42. The lowest BCUT2D eigenvalue weighted by molar-refractivity contribution is 0.234. The van der Waals surface area contributed by atoms with Crippen molar-refractivity contribution in [2.75, 3.05) is 5.32 Å². The van der Waals surface area contributed by atoms with E-state index in [1.54, 1.807) is 0 Å². The number of alkyl halides is 2. The number of anilines is 1. The predicted octanol–water partition coefficient (Wildman–Crippen LogP) is 1.97. The van der Waals surface area contributed by atoms with E-state index in [-0.39, 0.29) is 17.0 Å². The molecule has 0 aliphatic heterocycles. The molecule has 2 atom stereocenters. The van der Waals surface area contributed by atoms with Crippen LogP contribution in [0.1, 0.15) is 19.3 Å². The Hall–Kier alpha value is -1.21. The lowest BCUT2D eigenvalue weighted by atomic mass is 10.2. The fourth-order valence-corrected chi connectivity index (χ4v) is 2.95. The molecule has 1 aromatic carbocycles. The summed E-state index contributed by atoms with van der Waals surface area (Å²) < 4.78 is 47.2. The van der Waals surface area contributed by atoms with Gasteiger partial charge in [-0.1, -0.05) is 0 Å². The zero-order valence-corrected chi connectivity index (χ0v) is 11.0. The average molecular weight is 290 g/mol.